The number of ether oxygens (including phenoxy) is 1. The van der Waals surface area contributed by atoms with Gasteiger partial charge < -0.3 is 25.1 Å². The van der Waals surface area contributed by atoms with Crippen molar-refractivity contribution in [3.63, 3.8) is 0 Å². The zero-order valence-corrected chi connectivity index (χ0v) is 23.2. The first kappa shape index (κ1) is 27.2. The molecule has 1 saturated heterocycles. The molecular formula is C32H37BN2O4. The highest BCUT2D eigenvalue weighted by Crippen LogP contribution is 2.44. The number of nitrogens with two attached hydrogens (primary N) is 1. The molecule has 3 N–H and O–H groups in total. The molecule has 3 aromatic carbocycles. The standard InChI is InChI=1S/C32H37BN2O4/c1-31(2)32(3,4)39-33(38-31)24(19-23-12-6-5-11-22(23)17-18-34)20-35-30(36)37-21-29-27-15-9-7-13-25(27)26-14-8-10-16-28(26)29/h5-16,19,29H,17-18,20-21,34H2,1-4H3,(H,35,36). The van der Waals surface area contributed by atoms with Gasteiger partial charge in [-0.3, -0.25) is 0 Å². The highest BCUT2D eigenvalue weighted by Gasteiger charge is 2.52. The fourth-order valence-electron chi connectivity index (χ4n) is 5.28. The van der Waals surface area contributed by atoms with Crippen molar-refractivity contribution in [2.24, 2.45) is 5.73 Å². The Morgan fingerprint density at radius 3 is 2.10 bits per heavy atom. The average Bonchev–Trinajstić information content (AvgIpc) is 3.35. The predicted molar refractivity (Wildman–Crippen MR) is 156 cm³/mol. The van der Waals surface area contributed by atoms with E-state index in [1.54, 1.807) is 0 Å². The van der Waals surface area contributed by atoms with Crippen molar-refractivity contribution in [3.8, 4) is 11.1 Å². The lowest BCUT2D eigenvalue weighted by Crippen LogP contribution is -2.41. The van der Waals surface area contributed by atoms with Crippen molar-refractivity contribution in [1.82, 2.24) is 5.32 Å². The van der Waals surface area contributed by atoms with E-state index in [4.69, 9.17) is 19.8 Å². The predicted octanol–water partition coefficient (Wildman–Crippen LogP) is 5.74. The van der Waals surface area contributed by atoms with Crippen LogP contribution in [0.25, 0.3) is 17.2 Å². The zero-order valence-electron chi connectivity index (χ0n) is 23.2. The first-order valence-electron chi connectivity index (χ1n) is 13.6. The quantitative estimate of drug-likeness (QED) is 0.367. The molecule has 39 heavy (non-hydrogen) atoms. The van der Waals surface area contributed by atoms with Gasteiger partial charge in [0.25, 0.3) is 0 Å². The third kappa shape index (κ3) is 5.53. The van der Waals surface area contributed by atoms with Crippen molar-refractivity contribution >= 4 is 19.3 Å². The lowest BCUT2D eigenvalue weighted by molar-refractivity contribution is 0.00578. The van der Waals surface area contributed by atoms with E-state index in [2.05, 4.69) is 35.6 Å². The smallest absolute Gasteiger partial charge is 0.449 e. The summed E-state index contributed by atoms with van der Waals surface area (Å²) in [5.74, 6) is 0.00407. The summed E-state index contributed by atoms with van der Waals surface area (Å²) in [6, 6.07) is 24.7. The molecule has 0 atom stereocenters. The van der Waals surface area contributed by atoms with Crippen LogP contribution in [0.4, 0.5) is 4.79 Å². The van der Waals surface area contributed by atoms with Crippen LogP contribution in [-0.2, 0) is 20.5 Å². The van der Waals surface area contributed by atoms with Crippen molar-refractivity contribution in [2.45, 2.75) is 51.2 Å². The van der Waals surface area contributed by atoms with Crippen molar-refractivity contribution in [1.29, 1.82) is 0 Å². The maximum Gasteiger partial charge on any atom is 0.492 e. The van der Waals surface area contributed by atoms with E-state index >= 15 is 0 Å². The molecule has 0 unspecified atom stereocenters. The Labute approximate surface area is 231 Å². The maximum atomic E-state index is 13.0. The van der Waals surface area contributed by atoms with Crippen molar-refractivity contribution < 1.29 is 18.8 Å². The molecular weight excluding hydrogens is 487 g/mol. The summed E-state index contributed by atoms with van der Waals surface area (Å²) in [4.78, 5) is 13.0. The van der Waals surface area contributed by atoms with Crippen LogP contribution in [0.3, 0.4) is 0 Å². The minimum Gasteiger partial charge on any atom is -0.449 e. The summed E-state index contributed by atoms with van der Waals surface area (Å²) in [7, 11) is -0.602. The minimum absolute atomic E-state index is 0.00407. The van der Waals surface area contributed by atoms with E-state index < -0.39 is 24.4 Å². The van der Waals surface area contributed by atoms with Gasteiger partial charge in [0.15, 0.2) is 0 Å². The molecule has 1 amide bonds. The van der Waals surface area contributed by atoms with Gasteiger partial charge in [0, 0.05) is 12.5 Å². The van der Waals surface area contributed by atoms with E-state index in [1.165, 1.54) is 22.3 Å². The SMILES string of the molecule is CC1(C)OB(C(=Cc2ccccc2CCN)CNC(=O)OCC2c3ccccc3-c3ccccc32)OC1(C)C. The second-order valence-electron chi connectivity index (χ2n) is 11.2. The van der Waals surface area contributed by atoms with Gasteiger partial charge in [-0.1, -0.05) is 78.9 Å². The molecule has 6 nitrogen and oxygen atoms in total. The molecule has 0 aromatic heterocycles. The van der Waals surface area contributed by atoms with Gasteiger partial charge in [-0.25, -0.2) is 4.79 Å². The molecule has 2 aliphatic rings. The Balaban J connectivity index is 1.32. The molecule has 7 heteroatoms. The van der Waals surface area contributed by atoms with Gasteiger partial charge in [0.1, 0.15) is 6.61 Å². The molecule has 1 aliphatic heterocycles. The monoisotopic (exact) mass is 524 g/mol. The summed E-state index contributed by atoms with van der Waals surface area (Å²) >= 11 is 0. The van der Waals surface area contributed by atoms with Crippen molar-refractivity contribution in [3.05, 3.63) is 101 Å². The topological polar surface area (TPSA) is 82.8 Å². The molecule has 202 valence electrons. The van der Waals surface area contributed by atoms with Gasteiger partial charge >= 0.3 is 13.2 Å². The van der Waals surface area contributed by atoms with Crippen LogP contribution >= 0.6 is 0 Å². The van der Waals surface area contributed by atoms with Gasteiger partial charge in [0.2, 0.25) is 0 Å². The molecule has 1 aliphatic carbocycles. The summed E-state index contributed by atoms with van der Waals surface area (Å²) < 4.78 is 18.5. The van der Waals surface area contributed by atoms with Crippen LogP contribution in [0.15, 0.2) is 78.3 Å². The minimum atomic E-state index is -0.602. The summed E-state index contributed by atoms with van der Waals surface area (Å²) in [5, 5.41) is 2.94. The number of benzene rings is 3. The normalized spacial score (nSPS) is 17.6. The van der Waals surface area contributed by atoms with Gasteiger partial charge in [-0.2, -0.15) is 0 Å². The molecule has 0 bridgehead atoms. The van der Waals surface area contributed by atoms with Crippen LogP contribution in [0.5, 0.6) is 0 Å². The number of hydrogen-bond acceptors (Lipinski definition) is 5. The van der Waals surface area contributed by atoms with Crippen LogP contribution < -0.4 is 11.1 Å². The number of amides is 1. The highest BCUT2D eigenvalue weighted by atomic mass is 16.7. The van der Waals surface area contributed by atoms with Crippen LogP contribution in [0, 0.1) is 0 Å². The van der Waals surface area contributed by atoms with Gasteiger partial charge in [-0.05, 0) is 79.5 Å². The second-order valence-corrected chi connectivity index (χ2v) is 11.2. The number of alkyl carbamates (subject to hydrolysis) is 1. The molecule has 0 saturated carbocycles. The number of rotatable bonds is 8. The van der Waals surface area contributed by atoms with E-state index in [-0.39, 0.29) is 19.1 Å². The average molecular weight is 524 g/mol. The molecule has 5 rings (SSSR count). The highest BCUT2D eigenvalue weighted by molar-refractivity contribution is 6.56. The molecule has 3 aromatic rings. The van der Waals surface area contributed by atoms with Crippen molar-refractivity contribution in [2.75, 3.05) is 19.7 Å². The van der Waals surface area contributed by atoms with Gasteiger partial charge in [0.05, 0.1) is 11.2 Å². The van der Waals surface area contributed by atoms with E-state index in [1.807, 2.05) is 76.2 Å². The third-order valence-corrected chi connectivity index (χ3v) is 8.15. The molecule has 1 fully saturated rings. The Hall–Kier alpha value is -3.39. The number of nitrogens with one attached hydrogen (secondary N) is 1. The fourth-order valence-corrected chi connectivity index (χ4v) is 5.28. The third-order valence-electron chi connectivity index (χ3n) is 8.15. The Kier molecular flexibility index (Phi) is 7.67. The molecule has 0 spiro atoms. The van der Waals surface area contributed by atoms with Crippen LogP contribution in [0.2, 0.25) is 0 Å². The first-order chi connectivity index (χ1) is 18.7. The lowest BCUT2D eigenvalue weighted by Gasteiger charge is -2.32. The molecule has 0 radical (unpaired) electrons. The zero-order chi connectivity index (χ0) is 27.6. The summed E-state index contributed by atoms with van der Waals surface area (Å²) in [6.45, 7) is 9.11. The van der Waals surface area contributed by atoms with Gasteiger partial charge in [-0.15, -0.1) is 0 Å². The van der Waals surface area contributed by atoms with E-state index in [0.29, 0.717) is 6.54 Å². The lowest BCUT2D eigenvalue weighted by atomic mass is 9.76. The number of fused-ring (bicyclic) bond motifs is 3. The number of hydrogen-bond donors (Lipinski definition) is 2. The van der Waals surface area contributed by atoms with Crippen LogP contribution in [0.1, 0.15) is 55.9 Å². The van der Waals surface area contributed by atoms with E-state index in [9.17, 15) is 4.79 Å². The summed E-state index contributed by atoms with van der Waals surface area (Å²) in [5.41, 5.74) is 12.6. The summed E-state index contributed by atoms with van der Waals surface area (Å²) in [6.07, 6.45) is 2.31. The molecule has 1 heterocycles. The Morgan fingerprint density at radius 1 is 0.923 bits per heavy atom. The largest absolute Gasteiger partial charge is 0.492 e. The first-order valence-corrected chi connectivity index (χ1v) is 13.6. The Bertz CT molecular complexity index is 1320. The number of carbonyl (C=O) groups is 1. The maximum absolute atomic E-state index is 13.0. The fraction of sp³-hybridized carbons (Fsp3) is 0.344. The number of carbonyl (C=O) groups excluding carboxylic acids is 1. The second kappa shape index (κ2) is 11.0. The Morgan fingerprint density at radius 2 is 1.49 bits per heavy atom. The van der Waals surface area contributed by atoms with Crippen LogP contribution in [-0.4, -0.2) is 44.1 Å². The van der Waals surface area contributed by atoms with E-state index in [0.717, 1.165) is 23.0 Å².